The van der Waals surface area contributed by atoms with Crippen LogP contribution in [0.4, 0.5) is 11.4 Å². The molecule has 0 aliphatic rings. The second-order valence-corrected chi connectivity index (χ2v) is 10.4. The summed E-state index contributed by atoms with van der Waals surface area (Å²) in [5.41, 5.74) is 3.02. The van der Waals surface area contributed by atoms with Gasteiger partial charge in [-0.3, -0.25) is 9.10 Å². The average molecular weight is 489 g/mol. The van der Waals surface area contributed by atoms with Gasteiger partial charge in [0.25, 0.3) is 15.9 Å². The summed E-state index contributed by atoms with van der Waals surface area (Å²) < 4.78 is 36.9. The second kappa shape index (κ2) is 10.5. The van der Waals surface area contributed by atoms with Crippen LogP contribution < -0.4 is 14.4 Å². The van der Waals surface area contributed by atoms with E-state index in [2.05, 4.69) is 5.32 Å². The minimum Gasteiger partial charge on any atom is -0.482 e. The largest absolute Gasteiger partial charge is 0.482 e. The SMILES string of the molecule is Cc1ccc(C)c(NC(=O)COC(=O)COc2ccc(N(C)S(=O)(=O)c3cccs3)cc2)c1. The highest BCUT2D eigenvalue weighted by Gasteiger charge is 2.22. The van der Waals surface area contributed by atoms with Gasteiger partial charge in [0.15, 0.2) is 13.2 Å². The number of benzene rings is 2. The highest BCUT2D eigenvalue weighted by Crippen LogP contribution is 2.26. The standard InChI is InChI=1S/C23H24N2O6S2/c1-16-6-7-17(2)20(13-16)24-21(26)14-31-22(27)15-30-19-10-8-18(9-11-19)25(3)33(28,29)23-5-4-12-32-23/h4-13H,14-15H2,1-3H3,(H,24,26). The fourth-order valence-electron chi connectivity index (χ4n) is 2.82. The number of ether oxygens (including phenoxy) is 2. The van der Waals surface area contributed by atoms with Gasteiger partial charge in [0.2, 0.25) is 0 Å². The fourth-order valence-corrected chi connectivity index (χ4v) is 5.18. The van der Waals surface area contributed by atoms with Gasteiger partial charge in [-0.15, -0.1) is 11.3 Å². The van der Waals surface area contributed by atoms with Crippen molar-refractivity contribution in [2.75, 3.05) is 29.9 Å². The Hall–Kier alpha value is -3.37. The van der Waals surface area contributed by atoms with E-state index in [9.17, 15) is 18.0 Å². The topological polar surface area (TPSA) is 102 Å². The molecule has 0 atom stereocenters. The van der Waals surface area contributed by atoms with Crippen LogP contribution in [-0.2, 0) is 24.3 Å². The van der Waals surface area contributed by atoms with E-state index >= 15 is 0 Å². The zero-order chi connectivity index (χ0) is 24.0. The van der Waals surface area contributed by atoms with E-state index < -0.39 is 28.5 Å². The Morgan fingerprint density at radius 2 is 1.76 bits per heavy atom. The van der Waals surface area contributed by atoms with Crippen LogP contribution in [0.25, 0.3) is 0 Å². The van der Waals surface area contributed by atoms with Gasteiger partial charge < -0.3 is 14.8 Å². The lowest BCUT2D eigenvalue weighted by Crippen LogP contribution is -2.25. The fraction of sp³-hybridized carbons (Fsp3) is 0.217. The van der Waals surface area contributed by atoms with Crippen molar-refractivity contribution in [2.24, 2.45) is 0 Å². The molecule has 0 fully saturated rings. The Morgan fingerprint density at radius 3 is 2.42 bits per heavy atom. The molecule has 2 aromatic carbocycles. The maximum Gasteiger partial charge on any atom is 0.344 e. The lowest BCUT2D eigenvalue weighted by Gasteiger charge is -2.18. The molecular formula is C23H24N2O6S2. The predicted molar refractivity (Wildman–Crippen MR) is 127 cm³/mol. The van der Waals surface area contributed by atoms with Gasteiger partial charge in [0.1, 0.15) is 9.96 Å². The van der Waals surface area contributed by atoms with E-state index in [1.54, 1.807) is 41.8 Å². The van der Waals surface area contributed by atoms with Crippen molar-refractivity contribution in [1.82, 2.24) is 0 Å². The van der Waals surface area contributed by atoms with Crippen molar-refractivity contribution in [3.05, 3.63) is 71.1 Å². The van der Waals surface area contributed by atoms with Gasteiger partial charge in [-0.25, -0.2) is 13.2 Å². The normalized spacial score (nSPS) is 11.0. The van der Waals surface area contributed by atoms with Crippen molar-refractivity contribution in [2.45, 2.75) is 18.1 Å². The Morgan fingerprint density at radius 1 is 1.03 bits per heavy atom. The van der Waals surface area contributed by atoms with Gasteiger partial charge in [-0.2, -0.15) is 0 Å². The third-order valence-corrected chi connectivity index (χ3v) is 7.86. The monoisotopic (exact) mass is 488 g/mol. The first-order valence-corrected chi connectivity index (χ1v) is 12.3. The van der Waals surface area contributed by atoms with Crippen LogP contribution in [0.15, 0.2) is 64.2 Å². The molecule has 33 heavy (non-hydrogen) atoms. The van der Waals surface area contributed by atoms with Gasteiger partial charge >= 0.3 is 5.97 Å². The molecule has 0 radical (unpaired) electrons. The molecule has 3 rings (SSSR count). The van der Waals surface area contributed by atoms with Crippen LogP contribution in [-0.4, -0.2) is 40.6 Å². The number of hydrogen-bond acceptors (Lipinski definition) is 7. The van der Waals surface area contributed by atoms with Crippen molar-refractivity contribution in [3.8, 4) is 5.75 Å². The molecule has 0 aliphatic carbocycles. The first kappa shape index (κ1) is 24.3. The molecule has 3 aromatic rings. The Kier molecular flexibility index (Phi) is 7.72. The van der Waals surface area contributed by atoms with Crippen LogP contribution in [0.3, 0.4) is 0 Å². The zero-order valence-corrected chi connectivity index (χ0v) is 20.0. The summed E-state index contributed by atoms with van der Waals surface area (Å²) in [5, 5.41) is 4.41. The van der Waals surface area contributed by atoms with E-state index in [1.807, 2.05) is 32.0 Å². The molecule has 0 aliphatic heterocycles. The number of carbonyl (C=O) groups excluding carboxylic acids is 2. The zero-order valence-electron chi connectivity index (χ0n) is 18.4. The number of amides is 1. The Balaban J connectivity index is 1.47. The molecule has 174 valence electrons. The number of carbonyl (C=O) groups is 2. The minimum absolute atomic E-state index is 0.245. The molecular weight excluding hydrogens is 464 g/mol. The summed E-state index contributed by atoms with van der Waals surface area (Å²) in [4.78, 5) is 24.0. The number of thiophene rings is 1. The first-order valence-electron chi connectivity index (χ1n) is 9.95. The summed E-state index contributed by atoms with van der Waals surface area (Å²) >= 11 is 1.14. The molecule has 8 nitrogen and oxygen atoms in total. The summed E-state index contributed by atoms with van der Waals surface area (Å²) in [7, 11) is -2.17. The number of anilines is 2. The van der Waals surface area contributed by atoms with Crippen molar-refractivity contribution < 1.29 is 27.5 Å². The van der Waals surface area contributed by atoms with Crippen LogP contribution >= 0.6 is 11.3 Å². The van der Waals surface area contributed by atoms with Gasteiger partial charge in [-0.05, 0) is 66.8 Å². The average Bonchev–Trinajstić information content (AvgIpc) is 3.34. The molecule has 1 N–H and O–H groups in total. The number of sulfonamides is 1. The quantitative estimate of drug-likeness (QED) is 0.460. The van der Waals surface area contributed by atoms with Gasteiger partial charge in [0, 0.05) is 12.7 Å². The molecule has 0 saturated heterocycles. The van der Waals surface area contributed by atoms with Crippen LogP contribution in [0.2, 0.25) is 0 Å². The Labute approximate surface area is 196 Å². The number of aryl methyl sites for hydroxylation is 2. The van der Waals surface area contributed by atoms with E-state index in [1.165, 1.54) is 11.4 Å². The molecule has 1 amide bonds. The molecule has 10 heteroatoms. The maximum absolute atomic E-state index is 12.6. The molecule has 0 saturated carbocycles. The van der Waals surface area contributed by atoms with Crippen LogP contribution in [0.1, 0.15) is 11.1 Å². The number of nitrogens with zero attached hydrogens (tertiary/aromatic N) is 1. The smallest absolute Gasteiger partial charge is 0.344 e. The minimum atomic E-state index is -3.63. The van der Waals surface area contributed by atoms with Crippen LogP contribution in [0.5, 0.6) is 5.75 Å². The number of hydrogen-bond donors (Lipinski definition) is 1. The number of esters is 1. The van der Waals surface area contributed by atoms with Crippen molar-refractivity contribution in [3.63, 3.8) is 0 Å². The second-order valence-electron chi connectivity index (χ2n) is 7.21. The molecule has 1 heterocycles. The predicted octanol–water partition coefficient (Wildman–Crippen LogP) is 3.75. The van der Waals surface area contributed by atoms with E-state index in [4.69, 9.17) is 9.47 Å². The van der Waals surface area contributed by atoms with Crippen molar-refractivity contribution in [1.29, 1.82) is 0 Å². The molecule has 0 unspecified atom stereocenters. The first-order chi connectivity index (χ1) is 15.7. The van der Waals surface area contributed by atoms with E-state index in [0.717, 1.165) is 22.5 Å². The van der Waals surface area contributed by atoms with Gasteiger partial charge in [0.05, 0.1) is 5.69 Å². The van der Waals surface area contributed by atoms with Crippen LogP contribution in [0, 0.1) is 13.8 Å². The van der Waals surface area contributed by atoms with Gasteiger partial charge in [-0.1, -0.05) is 18.2 Å². The maximum atomic E-state index is 12.6. The summed E-state index contributed by atoms with van der Waals surface area (Å²) in [5.74, 6) is -0.790. The molecule has 1 aromatic heterocycles. The highest BCUT2D eigenvalue weighted by molar-refractivity contribution is 7.94. The van der Waals surface area contributed by atoms with E-state index in [0.29, 0.717) is 17.1 Å². The van der Waals surface area contributed by atoms with Crippen molar-refractivity contribution >= 4 is 44.6 Å². The number of nitrogens with one attached hydrogen (secondary N) is 1. The molecule has 0 bridgehead atoms. The highest BCUT2D eigenvalue weighted by atomic mass is 32.2. The molecule has 0 spiro atoms. The third kappa shape index (κ3) is 6.33. The summed E-state index contributed by atoms with van der Waals surface area (Å²) in [6.07, 6.45) is 0. The summed E-state index contributed by atoms with van der Waals surface area (Å²) in [6.45, 7) is 2.97. The lowest BCUT2D eigenvalue weighted by atomic mass is 10.1. The van der Waals surface area contributed by atoms with E-state index in [-0.39, 0.29) is 10.8 Å². The lowest BCUT2D eigenvalue weighted by molar-refractivity contribution is -0.149. The Bertz CT molecular complexity index is 1220. The third-order valence-electron chi connectivity index (χ3n) is 4.70. The summed E-state index contributed by atoms with van der Waals surface area (Å²) in [6, 6.07) is 15.1. The number of rotatable bonds is 9.